The van der Waals surface area contributed by atoms with Gasteiger partial charge in [0.1, 0.15) is 5.71 Å². The number of anilines is 1. The Bertz CT molecular complexity index is 478. The van der Waals surface area contributed by atoms with Crippen molar-refractivity contribution < 1.29 is 9.63 Å². The van der Waals surface area contributed by atoms with Crippen LogP contribution in [-0.4, -0.2) is 30.3 Å². The first-order chi connectivity index (χ1) is 8.77. The van der Waals surface area contributed by atoms with Crippen LogP contribution in [-0.2, 0) is 9.63 Å². The van der Waals surface area contributed by atoms with Gasteiger partial charge in [-0.2, -0.15) is 0 Å². The third-order valence-corrected chi connectivity index (χ3v) is 3.34. The molecule has 1 aromatic rings. The van der Waals surface area contributed by atoms with E-state index in [9.17, 15) is 4.79 Å². The molecule has 2 aliphatic heterocycles. The Labute approximate surface area is 105 Å². The molecule has 5 heteroatoms. The van der Waals surface area contributed by atoms with E-state index in [0.29, 0.717) is 12.1 Å². The molecule has 1 atom stereocenters. The van der Waals surface area contributed by atoms with Crippen molar-refractivity contribution in [2.24, 2.45) is 5.16 Å². The molecule has 0 saturated carbocycles. The van der Waals surface area contributed by atoms with E-state index in [1.807, 2.05) is 30.3 Å². The van der Waals surface area contributed by atoms with Crippen LogP contribution in [0.4, 0.5) is 5.69 Å². The zero-order chi connectivity index (χ0) is 12.4. The molecule has 0 unspecified atom stereocenters. The summed E-state index contributed by atoms with van der Waals surface area (Å²) in [6.07, 6.45) is 1.48. The van der Waals surface area contributed by atoms with Gasteiger partial charge in [0, 0.05) is 25.1 Å². The van der Waals surface area contributed by atoms with Crippen molar-refractivity contribution in [1.29, 1.82) is 0 Å². The summed E-state index contributed by atoms with van der Waals surface area (Å²) in [6, 6.07) is 9.36. The van der Waals surface area contributed by atoms with Gasteiger partial charge in [-0.05, 0) is 18.7 Å². The van der Waals surface area contributed by atoms with Crippen molar-refractivity contribution in [3.8, 4) is 0 Å². The number of amides is 1. The number of hydrogen-bond acceptors (Lipinski definition) is 4. The number of carbonyl (C=O) groups is 1. The largest absolute Gasteiger partial charge is 0.387 e. The van der Waals surface area contributed by atoms with Gasteiger partial charge in [-0.3, -0.25) is 4.79 Å². The summed E-state index contributed by atoms with van der Waals surface area (Å²) in [6.45, 7) is 1.68. The summed E-state index contributed by atoms with van der Waals surface area (Å²) >= 11 is 0. The maximum atomic E-state index is 12.0. The van der Waals surface area contributed by atoms with Crippen molar-refractivity contribution >= 4 is 17.3 Å². The third-order valence-electron chi connectivity index (χ3n) is 3.34. The molecule has 94 valence electrons. The summed E-state index contributed by atoms with van der Waals surface area (Å²) in [7, 11) is 0. The number of benzene rings is 1. The van der Waals surface area contributed by atoms with Crippen LogP contribution in [0, 0.1) is 0 Å². The van der Waals surface area contributed by atoms with Crippen LogP contribution in [0.1, 0.15) is 12.8 Å². The monoisotopic (exact) mass is 245 g/mol. The van der Waals surface area contributed by atoms with Crippen LogP contribution >= 0.6 is 0 Å². The lowest BCUT2D eigenvalue weighted by Gasteiger charge is -2.18. The number of para-hydroxylation sites is 1. The summed E-state index contributed by atoms with van der Waals surface area (Å²) in [5.74, 6) is -0.176. The molecule has 2 N–H and O–H groups in total. The Kier molecular flexibility index (Phi) is 2.76. The second-order valence-electron chi connectivity index (χ2n) is 4.74. The van der Waals surface area contributed by atoms with Crippen molar-refractivity contribution in [1.82, 2.24) is 5.32 Å². The fourth-order valence-corrected chi connectivity index (χ4v) is 2.32. The minimum atomic E-state index is -0.288. The molecule has 3 rings (SSSR count). The Balaban J connectivity index is 1.64. The lowest BCUT2D eigenvalue weighted by atomic mass is 9.96. The van der Waals surface area contributed by atoms with Crippen molar-refractivity contribution in [3.05, 3.63) is 30.3 Å². The van der Waals surface area contributed by atoms with E-state index >= 15 is 0 Å². The number of nitrogens with one attached hydrogen (secondary N) is 2. The highest BCUT2D eigenvalue weighted by Crippen LogP contribution is 2.30. The highest BCUT2D eigenvalue weighted by molar-refractivity contribution is 6.43. The van der Waals surface area contributed by atoms with Crippen LogP contribution in [0.25, 0.3) is 0 Å². The van der Waals surface area contributed by atoms with E-state index in [4.69, 9.17) is 4.84 Å². The molecule has 1 fully saturated rings. The minimum Gasteiger partial charge on any atom is -0.387 e. The second-order valence-corrected chi connectivity index (χ2v) is 4.74. The number of rotatable bonds is 2. The summed E-state index contributed by atoms with van der Waals surface area (Å²) in [5, 5.41) is 9.99. The van der Waals surface area contributed by atoms with Crippen LogP contribution in [0.5, 0.6) is 0 Å². The van der Waals surface area contributed by atoms with Gasteiger partial charge < -0.3 is 15.5 Å². The quantitative estimate of drug-likeness (QED) is 0.821. The van der Waals surface area contributed by atoms with Crippen LogP contribution in [0.3, 0.4) is 0 Å². The molecule has 2 aliphatic rings. The molecular formula is C13H15N3O2. The van der Waals surface area contributed by atoms with Crippen molar-refractivity contribution in [3.63, 3.8) is 0 Å². The molecular weight excluding hydrogens is 230 g/mol. The standard InChI is InChI=1S/C13H15N3O2/c17-12(15-10-4-2-1-3-5-10)11-8-13(18-16-11)6-7-14-9-13/h1-5,14H,6-9H2,(H,15,17)/t13-/m0/s1. The summed E-state index contributed by atoms with van der Waals surface area (Å²) in [4.78, 5) is 17.4. The normalized spacial score (nSPS) is 25.9. The van der Waals surface area contributed by atoms with Gasteiger partial charge in [-0.25, -0.2) is 0 Å². The number of oxime groups is 1. The Morgan fingerprint density at radius 3 is 2.94 bits per heavy atom. The lowest BCUT2D eigenvalue weighted by Crippen LogP contribution is -2.33. The van der Waals surface area contributed by atoms with Crippen LogP contribution in [0.15, 0.2) is 35.5 Å². The zero-order valence-corrected chi connectivity index (χ0v) is 9.98. The average molecular weight is 245 g/mol. The first-order valence-corrected chi connectivity index (χ1v) is 6.10. The molecule has 0 bridgehead atoms. The smallest absolute Gasteiger partial charge is 0.273 e. The van der Waals surface area contributed by atoms with E-state index in [2.05, 4.69) is 15.8 Å². The Morgan fingerprint density at radius 1 is 1.39 bits per heavy atom. The van der Waals surface area contributed by atoms with Gasteiger partial charge >= 0.3 is 0 Å². The molecule has 0 aromatic heterocycles. The average Bonchev–Trinajstić information content (AvgIpc) is 3.02. The van der Waals surface area contributed by atoms with E-state index in [1.165, 1.54) is 0 Å². The predicted molar refractivity (Wildman–Crippen MR) is 68.4 cm³/mol. The molecule has 1 spiro atoms. The first-order valence-electron chi connectivity index (χ1n) is 6.10. The number of carbonyl (C=O) groups excluding carboxylic acids is 1. The second kappa shape index (κ2) is 4.42. The summed E-state index contributed by atoms with van der Waals surface area (Å²) in [5.41, 5.74) is 0.960. The fraction of sp³-hybridized carbons (Fsp3) is 0.385. The third kappa shape index (κ3) is 2.09. The van der Waals surface area contributed by atoms with Crippen LogP contribution < -0.4 is 10.6 Å². The molecule has 18 heavy (non-hydrogen) atoms. The number of nitrogens with zero attached hydrogens (tertiary/aromatic N) is 1. The maximum absolute atomic E-state index is 12.0. The maximum Gasteiger partial charge on any atom is 0.273 e. The Hall–Kier alpha value is -1.88. The summed E-state index contributed by atoms with van der Waals surface area (Å²) < 4.78 is 0. The molecule has 5 nitrogen and oxygen atoms in total. The molecule has 2 heterocycles. The highest BCUT2D eigenvalue weighted by atomic mass is 16.7. The predicted octanol–water partition coefficient (Wildman–Crippen LogP) is 1.13. The van der Waals surface area contributed by atoms with E-state index in [0.717, 1.165) is 25.2 Å². The molecule has 1 saturated heterocycles. The SMILES string of the molecule is O=C(Nc1ccccc1)C1=NO[C@@]2(CCNC2)C1. The van der Waals surface area contributed by atoms with Crippen molar-refractivity contribution in [2.75, 3.05) is 18.4 Å². The molecule has 0 radical (unpaired) electrons. The van der Waals surface area contributed by atoms with E-state index in [-0.39, 0.29) is 11.5 Å². The van der Waals surface area contributed by atoms with Crippen molar-refractivity contribution in [2.45, 2.75) is 18.4 Å². The minimum absolute atomic E-state index is 0.176. The molecule has 1 aromatic carbocycles. The molecule has 1 amide bonds. The molecule has 0 aliphatic carbocycles. The fourth-order valence-electron chi connectivity index (χ4n) is 2.32. The lowest BCUT2D eigenvalue weighted by molar-refractivity contribution is -0.110. The highest BCUT2D eigenvalue weighted by Gasteiger charge is 2.43. The first kappa shape index (κ1) is 11.2. The number of hydrogen-bond donors (Lipinski definition) is 2. The topological polar surface area (TPSA) is 62.7 Å². The van der Waals surface area contributed by atoms with Gasteiger partial charge in [-0.1, -0.05) is 23.4 Å². The zero-order valence-electron chi connectivity index (χ0n) is 9.98. The Morgan fingerprint density at radius 2 is 2.22 bits per heavy atom. The van der Waals surface area contributed by atoms with Crippen LogP contribution in [0.2, 0.25) is 0 Å². The van der Waals surface area contributed by atoms with Gasteiger partial charge in [0.15, 0.2) is 5.60 Å². The van der Waals surface area contributed by atoms with E-state index in [1.54, 1.807) is 0 Å². The van der Waals surface area contributed by atoms with Gasteiger partial charge in [-0.15, -0.1) is 0 Å². The van der Waals surface area contributed by atoms with Gasteiger partial charge in [0.2, 0.25) is 0 Å². The van der Waals surface area contributed by atoms with Gasteiger partial charge in [0.25, 0.3) is 5.91 Å². The van der Waals surface area contributed by atoms with Gasteiger partial charge in [0.05, 0.1) is 0 Å². The van der Waals surface area contributed by atoms with E-state index < -0.39 is 0 Å².